The van der Waals surface area contributed by atoms with Gasteiger partial charge in [0.15, 0.2) is 0 Å². The molecule has 1 spiro atoms. The number of nitrogens with one attached hydrogen (secondary N) is 1. The molecule has 4 atom stereocenters. The minimum absolute atomic E-state index is 0.105. The van der Waals surface area contributed by atoms with Crippen LogP contribution < -0.4 is 10.2 Å². The van der Waals surface area contributed by atoms with Gasteiger partial charge < -0.3 is 5.32 Å². The quantitative estimate of drug-likeness (QED) is 0.512. The summed E-state index contributed by atoms with van der Waals surface area (Å²) in [5.41, 5.74) is -1.37. The average molecular weight is 547 g/mol. The second-order valence-electron chi connectivity index (χ2n) is 8.93. The standard InChI is InChI=1S/C22H13Cl4F2N3O3/c23-8-1-9(24)3-11(2-8)31-18(32)15-14-6-21(27,28)7-30(14)22(16(15)19(31)33)12-4-10(25)5-13(26)17(12)29-20(22)34/h1-5,14-16H,6-7H2,(H,29,34). The van der Waals surface area contributed by atoms with E-state index in [1.165, 1.54) is 35.2 Å². The predicted molar refractivity (Wildman–Crippen MR) is 123 cm³/mol. The van der Waals surface area contributed by atoms with Crippen molar-refractivity contribution in [3.05, 3.63) is 56.0 Å². The summed E-state index contributed by atoms with van der Waals surface area (Å²) in [6.45, 7) is -0.786. The summed E-state index contributed by atoms with van der Waals surface area (Å²) in [6.07, 6.45) is -0.671. The number of benzene rings is 2. The molecule has 6 rings (SSSR count). The Morgan fingerprint density at radius 2 is 1.56 bits per heavy atom. The molecule has 2 aromatic rings. The third-order valence-corrected chi connectivity index (χ3v) is 8.09. The summed E-state index contributed by atoms with van der Waals surface area (Å²) in [6, 6.07) is 6.00. The number of carbonyl (C=O) groups excluding carboxylic acids is 3. The molecule has 12 heteroatoms. The third-order valence-electron chi connectivity index (χ3n) is 7.13. The zero-order chi connectivity index (χ0) is 24.3. The van der Waals surface area contributed by atoms with Gasteiger partial charge in [0.1, 0.15) is 5.54 Å². The highest BCUT2D eigenvalue weighted by Crippen LogP contribution is 2.63. The van der Waals surface area contributed by atoms with Gasteiger partial charge in [0, 0.05) is 33.1 Å². The maximum absolute atomic E-state index is 14.7. The molecule has 0 bridgehead atoms. The van der Waals surface area contributed by atoms with Crippen molar-refractivity contribution >= 4 is 75.5 Å². The van der Waals surface area contributed by atoms with Crippen LogP contribution in [0.4, 0.5) is 20.2 Å². The molecule has 3 fully saturated rings. The summed E-state index contributed by atoms with van der Waals surface area (Å²) >= 11 is 24.7. The fraction of sp³-hybridized carbons (Fsp3) is 0.318. The van der Waals surface area contributed by atoms with Crippen LogP contribution in [0.1, 0.15) is 12.0 Å². The smallest absolute Gasteiger partial charge is 0.262 e. The molecule has 6 nitrogen and oxygen atoms in total. The highest BCUT2D eigenvalue weighted by atomic mass is 35.5. The first kappa shape index (κ1) is 22.5. The number of fused-ring (bicyclic) bond motifs is 7. The number of nitrogens with zero attached hydrogens (tertiary/aromatic N) is 2. The zero-order valence-corrected chi connectivity index (χ0v) is 19.9. The summed E-state index contributed by atoms with van der Waals surface area (Å²) in [5.74, 6) is -7.71. The van der Waals surface area contributed by atoms with E-state index in [2.05, 4.69) is 5.32 Å². The Hall–Kier alpha value is -1.97. The van der Waals surface area contributed by atoms with E-state index in [0.717, 1.165) is 4.90 Å². The Bertz CT molecular complexity index is 1320. The number of rotatable bonds is 1. The predicted octanol–water partition coefficient (Wildman–Crippen LogP) is 4.98. The third kappa shape index (κ3) is 2.74. The first-order valence-corrected chi connectivity index (χ1v) is 11.8. The maximum atomic E-state index is 14.7. The Kier molecular flexibility index (Phi) is 4.66. The summed E-state index contributed by atoms with van der Waals surface area (Å²) in [7, 11) is 0. The van der Waals surface area contributed by atoms with Gasteiger partial charge in [0.05, 0.1) is 34.8 Å². The van der Waals surface area contributed by atoms with Gasteiger partial charge in [-0.2, -0.15) is 0 Å². The van der Waals surface area contributed by atoms with Crippen molar-refractivity contribution in [3.8, 4) is 0 Å². The SMILES string of the molecule is O=C1C2C3CC(F)(F)CN3C3(C(=O)Nc4c(Cl)cc(Cl)cc43)C2C(=O)N1c1cc(Cl)cc(Cl)c1. The van der Waals surface area contributed by atoms with Crippen LogP contribution >= 0.6 is 46.4 Å². The molecule has 3 amide bonds. The van der Waals surface area contributed by atoms with Gasteiger partial charge >= 0.3 is 0 Å². The minimum Gasteiger partial charge on any atom is -0.323 e. The highest BCUT2D eigenvalue weighted by molar-refractivity contribution is 6.38. The number of halogens is 6. The van der Waals surface area contributed by atoms with Gasteiger partial charge in [-0.15, -0.1) is 0 Å². The van der Waals surface area contributed by atoms with Gasteiger partial charge in [0.2, 0.25) is 11.8 Å². The number of carbonyl (C=O) groups is 3. The second kappa shape index (κ2) is 7.04. The van der Waals surface area contributed by atoms with E-state index in [0.29, 0.717) is 0 Å². The Morgan fingerprint density at radius 3 is 2.24 bits per heavy atom. The lowest BCUT2D eigenvalue weighted by Crippen LogP contribution is -2.55. The van der Waals surface area contributed by atoms with Crippen LogP contribution in [0.5, 0.6) is 0 Å². The van der Waals surface area contributed by atoms with Crippen LogP contribution in [-0.4, -0.2) is 41.1 Å². The molecular weight excluding hydrogens is 534 g/mol. The zero-order valence-electron chi connectivity index (χ0n) is 16.9. The molecule has 0 aromatic heterocycles. The van der Waals surface area contributed by atoms with Gasteiger partial charge in [-0.1, -0.05) is 46.4 Å². The number of anilines is 2. The van der Waals surface area contributed by atoms with Gasteiger partial charge in [-0.05, 0) is 30.3 Å². The lowest BCUT2D eigenvalue weighted by molar-refractivity contribution is -0.136. The number of alkyl halides is 2. The van der Waals surface area contributed by atoms with Crippen molar-refractivity contribution in [2.24, 2.45) is 11.8 Å². The van der Waals surface area contributed by atoms with Crippen molar-refractivity contribution in [1.29, 1.82) is 0 Å². The van der Waals surface area contributed by atoms with Crippen molar-refractivity contribution in [2.45, 2.75) is 23.9 Å². The molecule has 0 saturated carbocycles. The molecule has 0 radical (unpaired) electrons. The molecular formula is C22H13Cl4F2N3O3. The van der Waals surface area contributed by atoms with E-state index in [9.17, 15) is 23.2 Å². The summed E-state index contributed by atoms with van der Waals surface area (Å²) in [5, 5.41) is 3.29. The molecule has 2 aromatic carbocycles. The molecule has 0 aliphatic carbocycles. The maximum Gasteiger partial charge on any atom is 0.262 e. The van der Waals surface area contributed by atoms with E-state index in [1.54, 1.807) is 0 Å². The van der Waals surface area contributed by atoms with Crippen LogP contribution in [0.25, 0.3) is 0 Å². The van der Waals surface area contributed by atoms with Crippen LogP contribution in [-0.2, 0) is 19.9 Å². The van der Waals surface area contributed by atoms with Crippen molar-refractivity contribution in [2.75, 3.05) is 16.8 Å². The lowest BCUT2D eigenvalue weighted by atomic mass is 9.75. The normalized spacial score (nSPS) is 31.3. The number of hydrogen-bond donors (Lipinski definition) is 1. The molecule has 4 aliphatic rings. The molecule has 176 valence electrons. The van der Waals surface area contributed by atoms with E-state index < -0.39 is 60.0 Å². The fourth-order valence-corrected chi connectivity index (χ4v) is 7.16. The number of imide groups is 1. The summed E-state index contributed by atoms with van der Waals surface area (Å²) in [4.78, 5) is 43.3. The Labute approximate surface area is 211 Å². The van der Waals surface area contributed by atoms with Crippen molar-refractivity contribution in [3.63, 3.8) is 0 Å². The van der Waals surface area contributed by atoms with Crippen LogP contribution in [0.15, 0.2) is 30.3 Å². The molecule has 1 N–H and O–H groups in total. The molecule has 34 heavy (non-hydrogen) atoms. The van der Waals surface area contributed by atoms with E-state index in [1.807, 2.05) is 0 Å². The molecule has 4 aliphatic heterocycles. The summed E-state index contributed by atoms with van der Waals surface area (Å²) < 4.78 is 29.4. The minimum atomic E-state index is -3.16. The number of hydrogen-bond acceptors (Lipinski definition) is 4. The lowest BCUT2D eigenvalue weighted by Gasteiger charge is -2.36. The largest absolute Gasteiger partial charge is 0.323 e. The van der Waals surface area contributed by atoms with Crippen LogP contribution in [0.2, 0.25) is 20.1 Å². The monoisotopic (exact) mass is 545 g/mol. The van der Waals surface area contributed by atoms with Crippen LogP contribution in [0.3, 0.4) is 0 Å². The molecule has 4 unspecified atom stereocenters. The van der Waals surface area contributed by atoms with Gasteiger partial charge in [-0.3, -0.25) is 19.3 Å². The van der Waals surface area contributed by atoms with Crippen LogP contribution in [0, 0.1) is 11.8 Å². The topological polar surface area (TPSA) is 69.7 Å². The highest BCUT2D eigenvalue weighted by Gasteiger charge is 2.77. The first-order valence-electron chi connectivity index (χ1n) is 10.2. The van der Waals surface area contributed by atoms with E-state index in [-0.39, 0.29) is 37.0 Å². The average Bonchev–Trinajstić information content (AvgIpc) is 3.35. The molecule has 4 heterocycles. The first-order chi connectivity index (χ1) is 16.0. The van der Waals surface area contributed by atoms with E-state index in [4.69, 9.17) is 46.4 Å². The van der Waals surface area contributed by atoms with E-state index >= 15 is 0 Å². The van der Waals surface area contributed by atoms with Crippen molar-refractivity contribution < 1.29 is 23.2 Å². The molecule has 3 saturated heterocycles. The second-order valence-corrected chi connectivity index (χ2v) is 10.6. The van der Waals surface area contributed by atoms with Gasteiger partial charge in [0.25, 0.3) is 11.8 Å². The Morgan fingerprint density at radius 1 is 0.912 bits per heavy atom. The van der Waals surface area contributed by atoms with Gasteiger partial charge in [-0.25, -0.2) is 13.7 Å². The van der Waals surface area contributed by atoms with Crippen molar-refractivity contribution in [1.82, 2.24) is 4.90 Å². The number of amides is 3. The fourth-order valence-electron chi connectivity index (χ4n) is 6.10. The Balaban J connectivity index is 1.59.